The number of anilines is 1. The Kier molecular flexibility index (Phi) is 3.80. The second-order valence-electron chi connectivity index (χ2n) is 6.12. The Balaban J connectivity index is 1.74. The third-order valence-corrected chi connectivity index (χ3v) is 4.38. The van der Waals surface area contributed by atoms with Crippen molar-refractivity contribution in [3.05, 3.63) is 108 Å². The molecule has 118 valence electrons. The maximum Gasteiger partial charge on any atom is 0.0958 e. The SMILES string of the molecule is Cc1ccc(N2NC(c3ccccc3)=CC2c2ccccc2)cc1. The van der Waals surface area contributed by atoms with Crippen molar-refractivity contribution in [1.29, 1.82) is 0 Å². The zero-order valence-electron chi connectivity index (χ0n) is 13.7. The monoisotopic (exact) mass is 312 g/mol. The van der Waals surface area contributed by atoms with E-state index >= 15 is 0 Å². The predicted molar refractivity (Wildman–Crippen MR) is 100 cm³/mol. The van der Waals surface area contributed by atoms with Gasteiger partial charge in [-0.1, -0.05) is 78.4 Å². The largest absolute Gasteiger partial charge is 0.297 e. The number of benzene rings is 3. The molecule has 0 saturated heterocycles. The van der Waals surface area contributed by atoms with Gasteiger partial charge in [0.25, 0.3) is 0 Å². The van der Waals surface area contributed by atoms with Gasteiger partial charge in [0.05, 0.1) is 17.4 Å². The molecule has 1 unspecified atom stereocenters. The molecule has 1 aliphatic heterocycles. The van der Waals surface area contributed by atoms with Gasteiger partial charge < -0.3 is 0 Å². The molecule has 1 atom stereocenters. The first-order valence-electron chi connectivity index (χ1n) is 8.26. The second kappa shape index (κ2) is 6.25. The van der Waals surface area contributed by atoms with E-state index in [1.54, 1.807) is 0 Å². The maximum absolute atomic E-state index is 3.59. The lowest BCUT2D eigenvalue weighted by atomic mass is 10.0. The minimum Gasteiger partial charge on any atom is -0.297 e. The standard InChI is InChI=1S/C22H20N2/c1-17-12-14-20(15-13-17)24-22(19-10-6-3-7-11-19)16-21(23-24)18-8-4-2-5-9-18/h2-16,22-23H,1H3. The van der Waals surface area contributed by atoms with Gasteiger partial charge in [0.15, 0.2) is 0 Å². The highest BCUT2D eigenvalue weighted by Gasteiger charge is 2.26. The minimum absolute atomic E-state index is 0.170. The average Bonchev–Trinajstić information content (AvgIpc) is 3.09. The summed E-state index contributed by atoms with van der Waals surface area (Å²) in [5.41, 5.74) is 9.64. The van der Waals surface area contributed by atoms with Crippen molar-refractivity contribution < 1.29 is 0 Å². The molecule has 1 heterocycles. The van der Waals surface area contributed by atoms with Crippen LogP contribution in [0.4, 0.5) is 5.69 Å². The van der Waals surface area contributed by atoms with Crippen molar-refractivity contribution in [3.8, 4) is 0 Å². The Morgan fingerprint density at radius 3 is 2.04 bits per heavy atom. The Hall–Kier alpha value is -3.00. The Morgan fingerprint density at radius 1 is 0.750 bits per heavy atom. The number of nitrogens with one attached hydrogen (secondary N) is 1. The maximum atomic E-state index is 3.59. The fourth-order valence-corrected chi connectivity index (χ4v) is 3.07. The van der Waals surface area contributed by atoms with Crippen LogP contribution in [0.3, 0.4) is 0 Å². The van der Waals surface area contributed by atoms with E-state index in [9.17, 15) is 0 Å². The molecule has 0 radical (unpaired) electrons. The number of hydrogen-bond donors (Lipinski definition) is 1. The highest BCUT2D eigenvalue weighted by molar-refractivity contribution is 5.72. The lowest BCUT2D eigenvalue weighted by molar-refractivity contribution is 0.724. The van der Waals surface area contributed by atoms with Crippen LogP contribution in [0.15, 0.2) is 91.0 Å². The third-order valence-electron chi connectivity index (χ3n) is 4.38. The average molecular weight is 312 g/mol. The van der Waals surface area contributed by atoms with Gasteiger partial charge >= 0.3 is 0 Å². The van der Waals surface area contributed by atoms with Crippen LogP contribution >= 0.6 is 0 Å². The molecule has 1 aliphatic rings. The summed E-state index contributed by atoms with van der Waals surface area (Å²) >= 11 is 0. The first-order valence-corrected chi connectivity index (χ1v) is 8.26. The summed E-state index contributed by atoms with van der Waals surface area (Å²) in [6, 6.07) is 29.9. The normalized spacial score (nSPS) is 16.6. The molecule has 1 N–H and O–H groups in total. The van der Waals surface area contributed by atoms with Crippen molar-refractivity contribution >= 4 is 11.4 Å². The first kappa shape index (κ1) is 14.6. The van der Waals surface area contributed by atoms with Gasteiger partial charge in [-0.15, -0.1) is 0 Å². The molecule has 0 saturated carbocycles. The third kappa shape index (κ3) is 2.79. The van der Waals surface area contributed by atoms with Crippen LogP contribution in [-0.4, -0.2) is 0 Å². The fraction of sp³-hybridized carbons (Fsp3) is 0.0909. The van der Waals surface area contributed by atoms with Crippen LogP contribution in [0.25, 0.3) is 5.70 Å². The lowest BCUT2D eigenvalue weighted by Crippen LogP contribution is -2.33. The van der Waals surface area contributed by atoms with E-state index in [-0.39, 0.29) is 6.04 Å². The molecule has 24 heavy (non-hydrogen) atoms. The molecule has 0 aliphatic carbocycles. The van der Waals surface area contributed by atoms with Gasteiger partial charge in [0.2, 0.25) is 0 Å². The van der Waals surface area contributed by atoms with E-state index in [0.29, 0.717) is 0 Å². The Morgan fingerprint density at radius 2 is 1.38 bits per heavy atom. The van der Waals surface area contributed by atoms with Crippen molar-refractivity contribution in [3.63, 3.8) is 0 Å². The summed E-state index contributed by atoms with van der Waals surface area (Å²) in [7, 11) is 0. The van der Waals surface area contributed by atoms with Crippen molar-refractivity contribution in [1.82, 2.24) is 5.43 Å². The molecule has 0 spiro atoms. The number of hydrazine groups is 1. The van der Waals surface area contributed by atoms with E-state index in [4.69, 9.17) is 0 Å². The number of aryl methyl sites for hydroxylation is 1. The van der Waals surface area contributed by atoms with Gasteiger partial charge in [0.1, 0.15) is 0 Å². The predicted octanol–water partition coefficient (Wildman–Crippen LogP) is 5.10. The smallest absolute Gasteiger partial charge is 0.0958 e. The van der Waals surface area contributed by atoms with Crippen LogP contribution in [-0.2, 0) is 0 Å². The molecule has 4 rings (SSSR count). The summed E-state index contributed by atoms with van der Waals surface area (Å²) in [6.45, 7) is 2.11. The van der Waals surface area contributed by atoms with Crippen LogP contribution in [0.2, 0.25) is 0 Å². The van der Waals surface area contributed by atoms with E-state index in [1.807, 2.05) is 6.07 Å². The number of nitrogens with zero attached hydrogens (tertiary/aromatic N) is 1. The number of rotatable bonds is 3. The fourth-order valence-electron chi connectivity index (χ4n) is 3.07. The van der Waals surface area contributed by atoms with Gasteiger partial charge in [0, 0.05) is 0 Å². The highest BCUT2D eigenvalue weighted by atomic mass is 15.5. The van der Waals surface area contributed by atoms with Crippen molar-refractivity contribution in [2.45, 2.75) is 13.0 Å². The summed E-state index contributed by atoms with van der Waals surface area (Å²) in [4.78, 5) is 0. The molecular formula is C22H20N2. The lowest BCUT2D eigenvalue weighted by Gasteiger charge is -2.27. The molecule has 2 heteroatoms. The highest BCUT2D eigenvalue weighted by Crippen LogP contribution is 2.34. The number of hydrogen-bond acceptors (Lipinski definition) is 2. The van der Waals surface area contributed by atoms with E-state index in [1.165, 1.54) is 16.7 Å². The molecule has 2 nitrogen and oxygen atoms in total. The summed E-state index contributed by atoms with van der Waals surface area (Å²) < 4.78 is 0. The van der Waals surface area contributed by atoms with Crippen LogP contribution in [0.5, 0.6) is 0 Å². The van der Waals surface area contributed by atoms with Crippen LogP contribution in [0, 0.1) is 6.92 Å². The van der Waals surface area contributed by atoms with Crippen molar-refractivity contribution in [2.24, 2.45) is 0 Å². The summed E-state index contributed by atoms with van der Waals surface area (Å²) in [6.07, 6.45) is 2.30. The Labute approximate surface area is 143 Å². The Bertz CT molecular complexity index is 836. The second-order valence-corrected chi connectivity index (χ2v) is 6.12. The van der Waals surface area contributed by atoms with Gasteiger partial charge in [-0.05, 0) is 36.3 Å². The van der Waals surface area contributed by atoms with Crippen molar-refractivity contribution in [2.75, 3.05) is 5.01 Å². The zero-order valence-corrected chi connectivity index (χ0v) is 13.7. The quantitative estimate of drug-likeness (QED) is 0.723. The van der Waals surface area contributed by atoms with Crippen LogP contribution in [0.1, 0.15) is 22.7 Å². The molecule has 0 amide bonds. The topological polar surface area (TPSA) is 15.3 Å². The van der Waals surface area contributed by atoms with Gasteiger partial charge in [-0.25, -0.2) is 0 Å². The van der Waals surface area contributed by atoms with Gasteiger partial charge in [-0.3, -0.25) is 10.4 Å². The van der Waals surface area contributed by atoms with E-state index < -0.39 is 0 Å². The molecule has 0 bridgehead atoms. The molecule has 0 fully saturated rings. The summed E-state index contributed by atoms with van der Waals surface area (Å²) in [5.74, 6) is 0. The molecule has 3 aromatic rings. The van der Waals surface area contributed by atoms with E-state index in [0.717, 1.165) is 11.4 Å². The van der Waals surface area contributed by atoms with Gasteiger partial charge in [-0.2, -0.15) is 0 Å². The first-order chi connectivity index (χ1) is 11.8. The molecule has 0 aromatic heterocycles. The van der Waals surface area contributed by atoms with E-state index in [2.05, 4.69) is 102 Å². The molecule has 3 aromatic carbocycles. The molecular weight excluding hydrogens is 292 g/mol. The summed E-state index contributed by atoms with van der Waals surface area (Å²) in [5, 5.41) is 2.23. The van der Waals surface area contributed by atoms with Crippen LogP contribution < -0.4 is 10.4 Å². The minimum atomic E-state index is 0.170. The zero-order chi connectivity index (χ0) is 16.4.